The number of hydrogen-bond acceptors (Lipinski definition) is 3. The minimum atomic E-state index is 0.360. The quantitative estimate of drug-likeness (QED) is 0.916. The average Bonchev–Trinajstić information content (AvgIpc) is 2.72. The maximum Gasteiger partial charge on any atom is 0.0700 e. The van der Waals surface area contributed by atoms with Crippen molar-refractivity contribution >= 4 is 27.3 Å². The lowest BCUT2D eigenvalue weighted by molar-refractivity contribution is 0.113. The van der Waals surface area contributed by atoms with Crippen LogP contribution in [0.1, 0.15) is 18.2 Å². The van der Waals surface area contributed by atoms with Crippen LogP contribution in [0.25, 0.3) is 0 Å². The third-order valence-electron chi connectivity index (χ3n) is 2.54. The van der Waals surface area contributed by atoms with Crippen molar-refractivity contribution in [1.29, 1.82) is 0 Å². The molecule has 0 saturated carbocycles. The largest absolute Gasteiger partial charge is 0.377 e. The zero-order valence-corrected chi connectivity index (χ0v) is 10.5. The first kappa shape index (κ1) is 10.6. The Kier molecular flexibility index (Phi) is 3.60. The van der Waals surface area contributed by atoms with Crippen LogP contribution in [0.5, 0.6) is 0 Å². The molecule has 0 unspecified atom stereocenters. The zero-order valence-electron chi connectivity index (χ0n) is 8.13. The van der Waals surface area contributed by atoms with Crippen molar-refractivity contribution in [3.63, 3.8) is 0 Å². The van der Waals surface area contributed by atoms with Gasteiger partial charge in [-0.05, 0) is 35.3 Å². The van der Waals surface area contributed by atoms with Gasteiger partial charge in [-0.2, -0.15) is 0 Å². The van der Waals surface area contributed by atoms with Crippen LogP contribution in [0, 0.1) is 0 Å². The van der Waals surface area contributed by atoms with Crippen molar-refractivity contribution in [3.05, 3.63) is 20.8 Å². The number of ether oxygens (including phenoxy) is 1. The Morgan fingerprint density at radius 2 is 2.57 bits per heavy atom. The summed E-state index contributed by atoms with van der Waals surface area (Å²) >= 11 is 5.24. The molecule has 2 atom stereocenters. The molecule has 1 aromatic heterocycles. The number of thiophene rings is 1. The Labute approximate surface area is 96.8 Å². The summed E-state index contributed by atoms with van der Waals surface area (Å²) in [6, 6.07) is 2.69. The topological polar surface area (TPSA) is 21.3 Å². The monoisotopic (exact) mass is 275 g/mol. The third-order valence-corrected chi connectivity index (χ3v) is 4.23. The third kappa shape index (κ3) is 2.57. The van der Waals surface area contributed by atoms with E-state index in [0.29, 0.717) is 12.1 Å². The summed E-state index contributed by atoms with van der Waals surface area (Å²) in [5.41, 5.74) is 0. The summed E-state index contributed by atoms with van der Waals surface area (Å²) in [6.07, 6.45) is 1.49. The first-order chi connectivity index (χ1) is 6.75. The molecule has 1 aliphatic rings. The highest BCUT2D eigenvalue weighted by atomic mass is 79.9. The van der Waals surface area contributed by atoms with Crippen molar-refractivity contribution in [2.75, 3.05) is 6.61 Å². The lowest BCUT2D eigenvalue weighted by Gasteiger charge is -2.14. The Bertz CT molecular complexity index is 302. The van der Waals surface area contributed by atoms with Crippen molar-refractivity contribution in [3.8, 4) is 0 Å². The Morgan fingerprint density at radius 3 is 3.14 bits per heavy atom. The predicted octanol–water partition coefficient (Wildman–Crippen LogP) is 2.78. The van der Waals surface area contributed by atoms with Gasteiger partial charge in [0.25, 0.3) is 0 Å². The molecule has 1 aliphatic heterocycles. The standard InChI is InChI=1S/C10H14BrNOS/c1-7-10(2-3-13-7)12-5-9-4-8(11)6-14-9/h4,6-7,10,12H,2-3,5H2,1H3/t7-,10-/m1/s1. The average molecular weight is 276 g/mol. The van der Waals surface area contributed by atoms with Gasteiger partial charge in [0.15, 0.2) is 0 Å². The van der Waals surface area contributed by atoms with Crippen LogP contribution in [0.3, 0.4) is 0 Å². The molecule has 78 valence electrons. The predicted molar refractivity (Wildman–Crippen MR) is 62.7 cm³/mol. The van der Waals surface area contributed by atoms with E-state index in [2.05, 4.69) is 39.6 Å². The molecule has 2 nitrogen and oxygen atoms in total. The van der Waals surface area contributed by atoms with Gasteiger partial charge in [-0.3, -0.25) is 0 Å². The van der Waals surface area contributed by atoms with Gasteiger partial charge in [-0.25, -0.2) is 0 Å². The van der Waals surface area contributed by atoms with E-state index in [1.807, 2.05) is 0 Å². The molecule has 4 heteroatoms. The van der Waals surface area contributed by atoms with E-state index >= 15 is 0 Å². The smallest absolute Gasteiger partial charge is 0.0700 e. The lowest BCUT2D eigenvalue weighted by Crippen LogP contribution is -2.33. The maximum atomic E-state index is 5.49. The maximum absolute atomic E-state index is 5.49. The van der Waals surface area contributed by atoms with E-state index in [9.17, 15) is 0 Å². The molecule has 0 spiro atoms. The number of hydrogen-bond donors (Lipinski definition) is 1. The van der Waals surface area contributed by atoms with E-state index in [0.717, 1.165) is 19.6 Å². The lowest BCUT2D eigenvalue weighted by atomic mass is 10.1. The van der Waals surface area contributed by atoms with Crippen LogP contribution in [0.2, 0.25) is 0 Å². The SMILES string of the molecule is C[C@H]1OCC[C@H]1NCc1cc(Br)cs1. The molecule has 1 aromatic rings. The molecule has 0 amide bonds. The number of halogens is 1. The molecule has 0 bridgehead atoms. The molecule has 0 aliphatic carbocycles. The summed E-state index contributed by atoms with van der Waals surface area (Å²) in [7, 11) is 0. The molecule has 14 heavy (non-hydrogen) atoms. The van der Waals surface area contributed by atoms with E-state index in [-0.39, 0.29) is 0 Å². The zero-order chi connectivity index (χ0) is 9.97. The summed E-state index contributed by atoms with van der Waals surface area (Å²) in [5, 5.41) is 5.64. The fraction of sp³-hybridized carbons (Fsp3) is 0.600. The van der Waals surface area contributed by atoms with E-state index in [1.54, 1.807) is 11.3 Å². The van der Waals surface area contributed by atoms with Crippen molar-refractivity contribution in [2.45, 2.75) is 32.0 Å². The first-order valence-electron chi connectivity index (χ1n) is 4.83. The highest BCUT2D eigenvalue weighted by Crippen LogP contribution is 2.20. The van der Waals surface area contributed by atoms with Gasteiger partial charge in [-0.1, -0.05) is 0 Å². The highest BCUT2D eigenvalue weighted by molar-refractivity contribution is 9.10. The summed E-state index contributed by atoms with van der Waals surface area (Å²) in [4.78, 5) is 1.37. The number of rotatable bonds is 3. The fourth-order valence-electron chi connectivity index (χ4n) is 1.68. The molecule has 0 radical (unpaired) electrons. The summed E-state index contributed by atoms with van der Waals surface area (Å²) < 4.78 is 6.67. The van der Waals surface area contributed by atoms with Crippen LogP contribution < -0.4 is 5.32 Å². The highest BCUT2D eigenvalue weighted by Gasteiger charge is 2.23. The fourth-order valence-corrected chi connectivity index (χ4v) is 3.08. The summed E-state index contributed by atoms with van der Waals surface area (Å²) in [6.45, 7) is 3.98. The molecule has 1 fully saturated rings. The Morgan fingerprint density at radius 1 is 1.71 bits per heavy atom. The second-order valence-electron chi connectivity index (χ2n) is 3.58. The first-order valence-corrected chi connectivity index (χ1v) is 6.51. The minimum absolute atomic E-state index is 0.360. The van der Waals surface area contributed by atoms with Crippen molar-refractivity contribution in [1.82, 2.24) is 5.32 Å². The molecule has 2 heterocycles. The molecular formula is C10H14BrNOS. The summed E-state index contributed by atoms with van der Waals surface area (Å²) in [5.74, 6) is 0. The van der Waals surface area contributed by atoms with Gasteiger partial charge in [0, 0.05) is 33.9 Å². The van der Waals surface area contributed by atoms with Gasteiger partial charge in [-0.15, -0.1) is 11.3 Å². The molecule has 1 N–H and O–H groups in total. The van der Waals surface area contributed by atoms with E-state index in [1.165, 1.54) is 9.35 Å². The van der Waals surface area contributed by atoms with Crippen molar-refractivity contribution in [2.24, 2.45) is 0 Å². The van der Waals surface area contributed by atoms with Crippen LogP contribution in [0.15, 0.2) is 15.9 Å². The van der Waals surface area contributed by atoms with Gasteiger partial charge < -0.3 is 10.1 Å². The molecular weight excluding hydrogens is 262 g/mol. The number of nitrogens with one attached hydrogen (secondary N) is 1. The molecule has 0 aromatic carbocycles. The Hall–Kier alpha value is 0.1000. The van der Waals surface area contributed by atoms with Crippen LogP contribution in [-0.2, 0) is 11.3 Å². The van der Waals surface area contributed by atoms with Gasteiger partial charge in [0.1, 0.15) is 0 Å². The van der Waals surface area contributed by atoms with Crippen LogP contribution >= 0.6 is 27.3 Å². The van der Waals surface area contributed by atoms with E-state index in [4.69, 9.17) is 4.74 Å². The van der Waals surface area contributed by atoms with Gasteiger partial charge in [0.2, 0.25) is 0 Å². The Balaban J connectivity index is 1.82. The second kappa shape index (κ2) is 4.75. The molecule has 2 rings (SSSR count). The molecule has 1 saturated heterocycles. The van der Waals surface area contributed by atoms with Gasteiger partial charge >= 0.3 is 0 Å². The van der Waals surface area contributed by atoms with E-state index < -0.39 is 0 Å². The normalized spacial score (nSPS) is 27.0. The van der Waals surface area contributed by atoms with Gasteiger partial charge in [0.05, 0.1) is 6.10 Å². The van der Waals surface area contributed by atoms with Crippen LogP contribution in [-0.4, -0.2) is 18.8 Å². The second-order valence-corrected chi connectivity index (χ2v) is 5.49. The van der Waals surface area contributed by atoms with Crippen molar-refractivity contribution < 1.29 is 4.74 Å². The van der Waals surface area contributed by atoms with Crippen LogP contribution in [0.4, 0.5) is 0 Å². The minimum Gasteiger partial charge on any atom is -0.377 e.